The fraction of sp³-hybridized carbons (Fsp3) is 0.200. The van der Waals surface area contributed by atoms with Crippen LogP contribution in [0.4, 0.5) is 5.69 Å². The third-order valence-corrected chi connectivity index (χ3v) is 5.95. The molecular weight excluding hydrogens is 362 g/mol. The Balaban J connectivity index is 1.84. The molecule has 3 aromatic rings. The maximum atomic E-state index is 10.8. The van der Waals surface area contributed by atoms with Crippen molar-refractivity contribution < 1.29 is 5.11 Å². The number of para-hydroxylation sites is 1. The molecule has 0 amide bonds. The number of aromatic nitrogens is 2. The first-order chi connectivity index (χ1) is 12.5. The number of fused-ring (bicyclic) bond motifs is 1. The lowest BCUT2D eigenvalue weighted by molar-refractivity contribution is 0.399. The molecule has 0 spiro atoms. The minimum atomic E-state index is 0.156. The van der Waals surface area contributed by atoms with Gasteiger partial charge < -0.3 is 5.11 Å². The van der Waals surface area contributed by atoms with Crippen molar-refractivity contribution in [3.05, 3.63) is 61.7 Å². The van der Waals surface area contributed by atoms with E-state index in [0.717, 1.165) is 39.5 Å². The van der Waals surface area contributed by atoms with E-state index in [2.05, 4.69) is 30.1 Å². The second-order valence-electron chi connectivity index (χ2n) is 6.32. The van der Waals surface area contributed by atoms with Crippen molar-refractivity contribution in [2.24, 2.45) is 4.99 Å². The summed E-state index contributed by atoms with van der Waals surface area (Å²) in [4.78, 5) is 5.31. The van der Waals surface area contributed by atoms with Crippen molar-refractivity contribution in [1.29, 1.82) is 0 Å². The van der Waals surface area contributed by atoms with Gasteiger partial charge in [-0.2, -0.15) is 4.68 Å². The van der Waals surface area contributed by atoms with Gasteiger partial charge in [0.25, 0.3) is 0 Å². The Morgan fingerprint density at radius 1 is 1.15 bits per heavy atom. The molecule has 1 aliphatic rings. The predicted molar refractivity (Wildman–Crippen MR) is 111 cm³/mol. The third kappa shape index (κ3) is 2.57. The summed E-state index contributed by atoms with van der Waals surface area (Å²) < 4.78 is 4.23. The molecular formula is C20H19N3OS2. The molecule has 3 heterocycles. The third-order valence-electron chi connectivity index (χ3n) is 4.66. The van der Waals surface area contributed by atoms with Crippen LogP contribution < -0.4 is 0 Å². The first-order valence-corrected chi connectivity index (χ1v) is 9.72. The van der Waals surface area contributed by atoms with Crippen LogP contribution in [-0.4, -0.2) is 20.7 Å². The van der Waals surface area contributed by atoms with E-state index in [9.17, 15) is 5.11 Å². The molecule has 4 rings (SSSR count). The molecule has 0 aliphatic carbocycles. The number of benzene rings is 1. The Morgan fingerprint density at radius 2 is 1.88 bits per heavy atom. The Bertz CT molecular complexity index is 1110. The van der Waals surface area contributed by atoms with Gasteiger partial charge in [-0.1, -0.05) is 36.5 Å². The highest BCUT2D eigenvalue weighted by molar-refractivity contribution is 7.73. The lowest BCUT2D eigenvalue weighted by atomic mass is 10.0. The maximum absolute atomic E-state index is 10.8. The van der Waals surface area contributed by atoms with Crippen molar-refractivity contribution in [2.45, 2.75) is 27.2 Å². The van der Waals surface area contributed by atoms with E-state index in [1.54, 1.807) is 4.68 Å². The van der Waals surface area contributed by atoms with Gasteiger partial charge in [-0.3, -0.25) is 9.67 Å². The summed E-state index contributed by atoms with van der Waals surface area (Å²) in [5.41, 5.74) is 6.39. The van der Waals surface area contributed by atoms with Gasteiger partial charge in [0.05, 0.1) is 10.6 Å². The predicted octanol–water partition coefficient (Wildman–Crippen LogP) is 5.53. The number of thiazole rings is 1. The van der Waals surface area contributed by atoms with Crippen molar-refractivity contribution in [1.82, 2.24) is 9.35 Å². The van der Waals surface area contributed by atoms with Crippen LogP contribution in [0.1, 0.15) is 34.3 Å². The first-order valence-electron chi connectivity index (χ1n) is 8.49. The van der Waals surface area contributed by atoms with E-state index in [1.807, 2.05) is 42.9 Å². The lowest BCUT2D eigenvalue weighted by Crippen LogP contribution is -2.11. The zero-order chi connectivity index (χ0) is 18.4. The highest BCUT2D eigenvalue weighted by Crippen LogP contribution is 2.38. The second-order valence-corrected chi connectivity index (χ2v) is 8.00. The van der Waals surface area contributed by atoms with Crippen molar-refractivity contribution in [2.75, 3.05) is 0 Å². The van der Waals surface area contributed by atoms with Gasteiger partial charge in [-0.25, -0.2) is 0 Å². The van der Waals surface area contributed by atoms with Gasteiger partial charge in [0.1, 0.15) is 0 Å². The quantitative estimate of drug-likeness (QED) is 0.606. The van der Waals surface area contributed by atoms with Crippen LogP contribution in [0.2, 0.25) is 0 Å². The molecule has 1 aromatic carbocycles. The smallest absolute Gasteiger partial charge is 0.230 e. The summed E-state index contributed by atoms with van der Waals surface area (Å²) >= 11 is 6.92. The fourth-order valence-corrected chi connectivity index (χ4v) is 4.59. The molecule has 6 heteroatoms. The van der Waals surface area contributed by atoms with Gasteiger partial charge in [0.15, 0.2) is 3.95 Å². The Labute approximate surface area is 161 Å². The minimum absolute atomic E-state index is 0.156. The summed E-state index contributed by atoms with van der Waals surface area (Å²) in [6.07, 6.45) is 4.78. The molecule has 26 heavy (non-hydrogen) atoms. The fourth-order valence-electron chi connectivity index (χ4n) is 3.34. The topological polar surface area (TPSA) is 42.5 Å². The average Bonchev–Trinajstić information content (AvgIpc) is 3.26. The minimum Gasteiger partial charge on any atom is -0.492 e. The van der Waals surface area contributed by atoms with Crippen molar-refractivity contribution in [3.8, 4) is 5.88 Å². The van der Waals surface area contributed by atoms with Crippen LogP contribution in [0.15, 0.2) is 35.3 Å². The van der Waals surface area contributed by atoms with Crippen LogP contribution in [0.3, 0.4) is 0 Å². The Hall–Kier alpha value is -2.44. The molecule has 2 aromatic heterocycles. The first kappa shape index (κ1) is 17.0. The number of aryl methyl sites for hydroxylation is 3. The number of aromatic hydroxyl groups is 1. The molecule has 0 unspecified atom stereocenters. The lowest BCUT2D eigenvalue weighted by Gasteiger charge is -2.11. The van der Waals surface area contributed by atoms with Gasteiger partial charge >= 0.3 is 0 Å². The van der Waals surface area contributed by atoms with E-state index >= 15 is 0 Å². The van der Waals surface area contributed by atoms with Gasteiger partial charge in [-0.15, -0.1) is 0 Å². The number of allylic oxidation sites excluding steroid dienone is 1. The Kier molecular flexibility index (Phi) is 4.17. The molecule has 4 nitrogen and oxygen atoms in total. The van der Waals surface area contributed by atoms with Crippen LogP contribution in [-0.2, 0) is 6.42 Å². The highest BCUT2D eigenvalue weighted by Gasteiger charge is 2.18. The molecule has 0 saturated heterocycles. The van der Waals surface area contributed by atoms with Crippen LogP contribution in [0, 0.1) is 17.8 Å². The standard InChI is InChI=1S/C20H19N3OS2/c1-4-14-6-5-7-16-15(11-21-18(14)16)10-17-19(24)23(20(25)26-17)22-12(2)8-9-13(22)3/h5-11,24H,4H2,1-3H3. The molecule has 0 saturated carbocycles. The number of rotatable bonds is 3. The number of nitrogens with zero attached hydrogens (tertiary/aromatic N) is 3. The van der Waals surface area contributed by atoms with Crippen molar-refractivity contribution >= 4 is 47.1 Å². The molecule has 1 aliphatic heterocycles. The number of hydrogen-bond donors (Lipinski definition) is 1. The van der Waals surface area contributed by atoms with E-state index in [1.165, 1.54) is 16.9 Å². The zero-order valence-electron chi connectivity index (χ0n) is 14.9. The van der Waals surface area contributed by atoms with Crippen LogP contribution >= 0.6 is 23.6 Å². The summed E-state index contributed by atoms with van der Waals surface area (Å²) in [6, 6.07) is 10.3. The monoisotopic (exact) mass is 381 g/mol. The van der Waals surface area contributed by atoms with E-state index in [0.29, 0.717) is 3.95 Å². The van der Waals surface area contributed by atoms with Crippen LogP contribution in [0.5, 0.6) is 5.88 Å². The molecule has 0 atom stereocenters. The summed E-state index contributed by atoms with van der Waals surface area (Å²) in [5.74, 6) is 0.156. The molecule has 132 valence electrons. The van der Waals surface area contributed by atoms with E-state index in [4.69, 9.17) is 12.2 Å². The van der Waals surface area contributed by atoms with Gasteiger partial charge in [0, 0.05) is 28.7 Å². The summed E-state index contributed by atoms with van der Waals surface area (Å²) in [6.45, 7) is 6.12. The zero-order valence-corrected chi connectivity index (χ0v) is 16.5. The molecule has 0 fully saturated rings. The summed E-state index contributed by atoms with van der Waals surface area (Å²) in [5, 5.41) is 10.8. The highest BCUT2D eigenvalue weighted by atomic mass is 32.1. The van der Waals surface area contributed by atoms with E-state index < -0.39 is 0 Å². The number of aliphatic imine (C=N–C) groups is 1. The number of hydrogen-bond acceptors (Lipinski definition) is 4. The normalized spacial score (nSPS) is 14.3. The summed E-state index contributed by atoms with van der Waals surface area (Å²) in [7, 11) is 0. The molecule has 0 bridgehead atoms. The molecule has 0 radical (unpaired) electrons. The van der Waals surface area contributed by atoms with E-state index in [-0.39, 0.29) is 5.88 Å². The van der Waals surface area contributed by atoms with Crippen LogP contribution in [0.25, 0.3) is 11.6 Å². The van der Waals surface area contributed by atoms with Gasteiger partial charge in [-0.05, 0) is 56.3 Å². The van der Waals surface area contributed by atoms with Gasteiger partial charge in [0.2, 0.25) is 5.88 Å². The maximum Gasteiger partial charge on any atom is 0.230 e. The second kappa shape index (κ2) is 6.37. The van der Waals surface area contributed by atoms with Crippen molar-refractivity contribution in [3.63, 3.8) is 0 Å². The average molecular weight is 382 g/mol. The molecule has 1 N–H and O–H groups in total. The SMILES string of the molecule is CCc1cccc2c1N=CC2=Cc1sc(=S)n(-n2c(C)ccc2C)c1O. The Morgan fingerprint density at radius 3 is 2.58 bits per heavy atom. The largest absolute Gasteiger partial charge is 0.492 e.